The van der Waals surface area contributed by atoms with Gasteiger partial charge >= 0.3 is 0 Å². The Morgan fingerprint density at radius 1 is 0.568 bits per heavy atom. The van der Waals surface area contributed by atoms with Crippen LogP contribution in [0.2, 0.25) is 0 Å². The van der Waals surface area contributed by atoms with Gasteiger partial charge in [-0.3, -0.25) is 0 Å². The maximum atomic E-state index is 5.43. The Balaban J connectivity index is 1.57. The molecule has 2 heterocycles. The van der Waals surface area contributed by atoms with Crippen LogP contribution in [0.4, 0.5) is 5.69 Å². The molecule has 178 valence electrons. The molecule has 2 nitrogen and oxygen atoms in total. The van der Waals surface area contributed by atoms with Crippen molar-refractivity contribution in [1.82, 2.24) is 4.90 Å². The Labute approximate surface area is 218 Å². The van der Waals surface area contributed by atoms with Crippen LogP contribution in [0, 0.1) is 6.92 Å². The van der Waals surface area contributed by atoms with Gasteiger partial charge in [0.05, 0.1) is 17.8 Å². The monoisotopic (exact) mass is 476 g/mol. The van der Waals surface area contributed by atoms with Gasteiger partial charge in [-0.25, -0.2) is 4.99 Å². The Hall–Kier alpha value is -4.43. The zero-order chi connectivity index (χ0) is 24.8. The number of nitrogens with zero attached hydrogens (tertiary/aromatic N) is 2. The SMILES string of the molecule is Cc1ccc([C@@H]2N3C(=Nc4ccccc4[C@@H]3c3ccccc3)C2(c2ccccc2)c2ccccc2)cc1. The van der Waals surface area contributed by atoms with Crippen LogP contribution in [0.1, 0.15) is 45.5 Å². The molecule has 2 aliphatic heterocycles. The van der Waals surface area contributed by atoms with Crippen molar-refractivity contribution in [3.8, 4) is 0 Å². The Kier molecular flexibility index (Phi) is 5.07. The molecular weight excluding hydrogens is 448 g/mol. The summed E-state index contributed by atoms with van der Waals surface area (Å²) in [5.74, 6) is 1.11. The zero-order valence-electron chi connectivity index (χ0n) is 20.8. The summed E-state index contributed by atoms with van der Waals surface area (Å²) in [6.45, 7) is 2.16. The molecule has 0 amide bonds. The average molecular weight is 477 g/mol. The van der Waals surface area contributed by atoms with Crippen molar-refractivity contribution in [1.29, 1.82) is 0 Å². The third kappa shape index (κ3) is 3.22. The van der Waals surface area contributed by atoms with Gasteiger partial charge in [-0.2, -0.15) is 0 Å². The number of hydrogen-bond acceptors (Lipinski definition) is 2. The fraction of sp³-hybridized carbons (Fsp3) is 0.114. The van der Waals surface area contributed by atoms with E-state index < -0.39 is 5.41 Å². The van der Waals surface area contributed by atoms with Crippen molar-refractivity contribution < 1.29 is 0 Å². The molecule has 1 saturated heterocycles. The Morgan fingerprint density at radius 2 is 1.11 bits per heavy atom. The van der Waals surface area contributed by atoms with E-state index in [9.17, 15) is 0 Å². The van der Waals surface area contributed by atoms with E-state index in [4.69, 9.17) is 4.99 Å². The van der Waals surface area contributed by atoms with E-state index >= 15 is 0 Å². The number of fused-ring (bicyclic) bond motifs is 2. The molecule has 2 atom stereocenters. The number of aliphatic imine (C=N–C) groups is 1. The average Bonchev–Trinajstić information content (AvgIpc) is 2.96. The van der Waals surface area contributed by atoms with E-state index in [1.807, 2.05) is 0 Å². The van der Waals surface area contributed by atoms with Gasteiger partial charge in [0, 0.05) is 5.56 Å². The molecule has 0 N–H and O–H groups in total. The molecule has 0 radical (unpaired) electrons. The lowest BCUT2D eigenvalue weighted by Crippen LogP contribution is -2.68. The number of amidine groups is 1. The molecular formula is C35H28N2. The highest BCUT2D eigenvalue weighted by Gasteiger charge is 2.64. The number of aryl methyl sites for hydroxylation is 1. The lowest BCUT2D eigenvalue weighted by Gasteiger charge is -2.63. The molecule has 0 saturated carbocycles. The van der Waals surface area contributed by atoms with Crippen molar-refractivity contribution >= 4 is 11.5 Å². The summed E-state index contributed by atoms with van der Waals surface area (Å²) in [7, 11) is 0. The van der Waals surface area contributed by atoms with Crippen molar-refractivity contribution in [3.63, 3.8) is 0 Å². The quantitative estimate of drug-likeness (QED) is 0.255. The van der Waals surface area contributed by atoms with E-state index in [0.29, 0.717) is 0 Å². The number of hydrogen-bond donors (Lipinski definition) is 0. The van der Waals surface area contributed by atoms with Crippen LogP contribution in [0.3, 0.4) is 0 Å². The van der Waals surface area contributed by atoms with E-state index in [0.717, 1.165) is 11.5 Å². The van der Waals surface area contributed by atoms with Gasteiger partial charge in [0.25, 0.3) is 0 Å². The molecule has 5 aromatic rings. The molecule has 5 aromatic carbocycles. The molecule has 7 rings (SSSR count). The first-order valence-corrected chi connectivity index (χ1v) is 13.0. The molecule has 0 aromatic heterocycles. The predicted octanol–water partition coefficient (Wildman–Crippen LogP) is 8.17. The standard InChI is InChI=1S/C35H28N2/c1-25-21-23-27(24-22-25)33-35(28-15-7-3-8-16-28,29-17-9-4-10-18-29)34-36-31-20-12-11-19-30(31)32(37(33)34)26-13-5-2-6-14-26/h2-24,32-33H,1H3/t32-,33-/m0/s1. The van der Waals surface area contributed by atoms with Crippen molar-refractivity contribution in [2.24, 2.45) is 4.99 Å². The van der Waals surface area contributed by atoms with Crippen molar-refractivity contribution in [2.45, 2.75) is 24.4 Å². The first kappa shape index (κ1) is 21.8. The predicted molar refractivity (Wildman–Crippen MR) is 151 cm³/mol. The van der Waals surface area contributed by atoms with Gasteiger partial charge in [-0.1, -0.05) is 139 Å². The maximum Gasteiger partial charge on any atom is 0.124 e. The first-order chi connectivity index (χ1) is 18.3. The highest BCUT2D eigenvalue weighted by molar-refractivity contribution is 6.07. The minimum atomic E-state index is -0.404. The summed E-state index contributed by atoms with van der Waals surface area (Å²) in [5.41, 5.74) is 8.31. The van der Waals surface area contributed by atoms with Gasteiger partial charge in [-0.05, 0) is 35.2 Å². The van der Waals surface area contributed by atoms with Gasteiger partial charge in [0.1, 0.15) is 11.3 Å². The third-order valence-electron chi connectivity index (χ3n) is 7.99. The van der Waals surface area contributed by atoms with Crippen LogP contribution in [0.15, 0.2) is 145 Å². The van der Waals surface area contributed by atoms with E-state index in [2.05, 4.69) is 151 Å². The highest BCUT2D eigenvalue weighted by atomic mass is 15.3. The summed E-state index contributed by atoms with van der Waals surface area (Å²) < 4.78 is 0. The summed E-state index contributed by atoms with van der Waals surface area (Å²) in [6, 6.07) is 50.7. The van der Waals surface area contributed by atoms with Crippen LogP contribution in [0.5, 0.6) is 0 Å². The van der Waals surface area contributed by atoms with Crippen molar-refractivity contribution in [2.75, 3.05) is 0 Å². The van der Waals surface area contributed by atoms with Crippen LogP contribution in [-0.2, 0) is 5.41 Å². The van der Waals surface area contributed by atoms with Crippen LogP contribution in [0.25, 0.3) is 0 Å². The first-order valence-electron chi connectivity index (χ1n) is 13.0. The molecule has 0 unspecified atom stereocenters. The minimum absolute atomic E-state index is 0.0789. The lowest BCUT2D eigenvalue weighted by molar-refractivity contribution is 0.132. The Bertz CT molecular complexity index is 1530. The molecule has 1 fully saturated rings. The topological polar surface area (TPSA) is 15.6 Å². The van der Waals surface area contributed by atoms with Gasteiger partial charge < -0.3 is 4.90 Å². The maximum absolute atomic E-state index is 5.43. The molecule has 2 aliphatic rings. The number of para-hydroxylation sites is 1. The van der Waals surface area contributed by atoms with E-state index in [-0.39, 0.29) is 12.1 Å². The molecule has 0 spiro atoms. The molecule has 2 heteroatoms. The normalized spacial score (nSPS) is 19.3. The molecule has 0 aliphatic carbocycles. The molecule has 0 bridgehead atoms. The third-order valence-corrected chi connectivity index (χ3v) is 7.99. The lowest BCUT2D eigenvalue weighted by atomic mass is 9.58. The smallest absolute Gasteiger partial charge is 0.124 e. The molecule has 37 heavy (non-hydrogen) atoms. The van der Waals surface area contributed by atoms with Crippen LogP contribution < -0.4 is 0 Å². The number of benzene rings is 5. The fourth-order valence-electron chi connectivity index (χ4n) is 6.37. The number of rotatable bonds is 4. The summed E-state index contributed by atoms with van der Waals surface area (Å²) in [4.78, 5) is 8.00. The van der Waals surface area contributed by atoms with Gasteiger partial charge in [-0.15, -0.1) is 0 Å². The van der Waals surface area contributed by atoms with Crippen LogP contribution in [-0.4, -0.2) is 10.7 Å². The second kappa shape index (κ2) is 8.60. The second-order valence-electron chi connectivity index (χ2n) is 10.1. The van der Waals surface area contributed by atoms with Crippen LogP contribution >= 0.6 is 0 Å². The Morgan fingerprint density at radius 3 is 1.73 bits per heavy atom. The summed E-state index contributed by atoms with van der Waals surface area (Å²) >= 11 is 0. The summed E-state index contributed by atoms with van der Waals surface area (Å²) in [5, 5.41) is 0. The zero-order valence-corrected chi connectivity index (χ0v) is 20.8. The second-order valence-corrected chi connectivity index (χ2v) is 10.1. The fourth-order valence-corrected chi connectivity index (χ4v) is 6.37. The largest absolute Gasteiger partial charge is 0.339 e. The van der Waals surface area contributed by atoms with Crippen molar-refractivity contribution in [3.05, 3.63) is 173 Å². The van der Waals surface area contributed by atoms with Gasteiger partial charge in [0.15, 0.2) is 0 Å². The van der Waals surface area contributed by atoms with Gasteiger partial charge in [0.2, 0.25) is 0 Å². The minimum Gasteiger partial charge on any atom is -0.339 e. The van der Waals surface area contributed by atoms with E-state index in [1.165, 1.54) is 33.4 Å². The van der Waals surface area contributed by atoms with E-state index in [1.54, 1.807) is 0 Å². The highest BCUT2D eigenvalue weighted by Crippen LogP contribution is 2.62. The summed E-state index contributed by atoms with van der Waals surface area (Å²) in [6.07, 6.45) is 0.